The van der Waals surface area contributed by atoms with Crippen molar-refractivity contribution in [3.8, 4) is 11.5 Å². The van der Waals surface area contributed by atoms with Crippen LogP contribution in [-0.2, 0) is 6.42 Å². The van der Waals surface area contributed by atoms with Gasteiger partial charge in [0.1, 0.15) is 11.5 Å². The summed E-state index contributed by atoms with van der Waals surface area (Å²) in [5.41, 5.74) is 9.32. The quantitative estimate of drug-likeness (QED) is 0.909. The zero-order valence-electron chi connectivity index (χ0n) is 12.1. The SMILES string of the molecule is COc1ccc(OC)c(C(N)Cc2ccc(C)cn2)c1. The lowest BCUT2D eigenvalue weighted by Gasteiger charge is -2.16. The Balaban J connectivity index is 2.23. The first-order valence-corrected chi connectivity index (χ1v) is 6.53. The number of methoxy groups -OCH3 is 2. The van der Waals surface area contributed by atoms with E-state index in [0.717, 1.165) is 28.3 Å². The van der Waals surface area contributed by atoms with Gasteiger partial charge in [-0.05, 0) is 36.8 Å². The first-order valence-electron chi connectivity index (χ1n) is 6.53. The molecule has 0 amide bonds. The molecule has 1 aromatic heterocycles. The second kappa shape index (κ2) is 6.39. The molecule has 1 atom stereocenters. The second-order valence-corrected chi connectivity index (χ2v) is 4.75. The van der Waals surface area contributed by atoms with Crippen LogP contribution in [0.15, 0.2) is 36.5 Å². The third kappa shape index (κ3) is 3.27. The van der Waals surface area contributed by atoms with Gasteiger partial charge in [0.15, 0.2) is 0 Å². The molecule has 20 heavy (non-hydrogen) atoms. The molecule has 1 heterocycles. The zero-order chi connectivity index (χ0) is 14.5. The number of pyridine rings is 1. The van der Waals surface area contributed by atoms with Crippen LogP contribution in [0.4, 0.5) is 0 Å². The van der Waals surface area contributed by atoms with Crippen molar-refractivity contribution in [2.75, 3.05) is 14.2 Å². The number of aromatic nitrogens is 1. The van der Waals surface area contributed by atoms with E-state index in [9.17, 15) is 0 Å². The summed E-state index contributed by atoms with van der Waals surface area (Å²) in [5, 5.41) is 0. The molecule has 0 spiro atoms. The summed E-state index contributed by atoms with van der Waals surface area (Å²) in [6.07, 6.45) is 2.51. The molecule has 0 bridgehead atoms. The molecule has 0 saturated carbocycles. The van der Waals surface area contributed by atoms with Gasteiger partial charge in [0.25, 0.3) is 0 Å². The molecule has 2 N–H and O–H groups in total. The number of ether oxygens (including phenoxy) is 2. The van der Waals surface area contributed by atoms with Gasteiger partial charge in [-0.25, -0.2) is 0 Å². The summed E-state index contributed by atoms with van der Waals surface area (Å²) in [7, 11) is 3.28. The fourth-order valence-electron chi connectivity index (χ4n) is 2.08. The molecule has 0 aliphatic carbocycles. The third-order valence-corrected chi connectivity index (χ3v) is 3.24. The Morgan fingerprint density at radius 3 is 2.55 bits per heavy atom. The van der Waals surface area contributed by atoms with Gasteiger partial charge in [-0.1, -0.05) is 6.07 Å². The van der Waals surface area contributed by atoms with Crippen LogP contribution in [0.25, 0.3) is 0 Å². The summed E-state index contributed by atoms with van der Waals surface area (Å²) in [5.74, 6) is 1.54. The predicted octanol–water partition coefficient (Wildman–Crippen LogP) is 2.65. The van der Waals surface area contributed by atoms with Gasteiger partial charge in [-0.3, -0.25) is 4.98 Å². The van der Waals surface area contributed by atoms with Gasteiger partial charge in [-0.2, -0.15) is 0 Å². The van der Waals surface area contributed by atoms with Gasteiger partial charge >= 0.3 is 0 Å². The smallest absolute Gasteiger partial charge is 0.123 e. The molecule has 2 rings (SSSR count). The molecule has 1 unspecified atom stereocenters. The number of benzene rings is 1. The average molecular weight is 272 g/mol. The molecule has 4 nitrogen and oxygen atoms in total. The lowest BCUT2D eigenvalue weighted by molar-refractivity contribution is 0.395. The Hall–Kier alpha value is -2.07. The number of hydrogen-bond donors (Lipinski definition) is 1. The molecule has 0 aliphatic heterocycles. The van der Waals surface area contributed by atoms with E-state index >= 15 is 0 Å². The summed E-state index contributed by atoms with van der Waals surface area (Å²) < 4.78 is 10.6. The van der Waals surface area contributed by atoms with Crippen molar-refractivity contribution in [3.05, 3.63) is 53.3 Å². The average Bonchev–Trinajstić information content (AvgIpc) is 2.48. The molecule has 0 radical (unpaired) electrons. The standard InChI is InChI=1S/C16H20N2O2/c1-11-4-5-12(18-10-11)8-15(17)14-9-13(19-2)6-7-16(14)20-3/h4-7,9-10,15H,8,17H2,1-3H3. The maximum absolute atomic E-state index is 6.29. The Labute approximate surface area is 119 Å². The van der Waals surface area contributed by atoms with Crippen LogP contribution in [-0.4, -0.2) is 19.2 Å². The minimum Gasteiger partial charge on any atom is -0.497 e. The Morgan fingerprint density at radius 2 is 1.95 bits per heavy atom. The highest BCUT2D eigenvalue weighted by Crippen LogP contribution is 2.29. The number of nitrogens with two attached hydrogens (primary N) is 1. The van der Waals surface area contributed by atoms with Crippen LogP contribution >= 0.6 is 0 Å². The van der Waals surface area contributed by atoms with E-state index in [4.69, 9.17) is 15.2 Å². The maximum Gasteiger partial charge on any atom is 0.123 e. The van der Waals surface area contributed by atoms with Crippen molar-refractivity contribution < 1.29 is 9.47 Å². The second-order valence-electron chi connectivity index (χ2n) is 4.75. The lowest BCUT2D eigenvalue weighted by Crippen LogP contribution is -2.15. The summed E-state index contributed by atoms with van der Waals surface area (Å²) in [4.78, 5) is 4.39. The van der Waals surface area contributed by atoms with Gasteiger partial charge in [-0.15, -0.1) is 0 Å². The largest absolute Gasteiger partial charge is 0.497 e. The summed E-state index contributed by atoms with van der Waals surface area (Å²) in [6, 6.07) is 9.50. The first kappa shape index (κ1) is 14.3. The first-order chi connectivity index (χ1) is 9.63. The van der Waals surface area contributed by atoms with Crippen molar-refractivity contribution >= 4 is 0 Å². The summed E-state index contributed by atoms with van der Waals surface area (Å²) >= 11 is 0. The molecular formula is C16H20N2O2. The zero-order valence-corrected chi connectivity index (χ0v) is 12.1. The Kier molecular flexibility index (Phi) is 4.58. The topological polar surface area (TPSA) is 57.4 Å². The van der Waals surface area contributed by atoms with E-state index in [1.807, 2.05) is 43.5 Å². The molecule has 0 fully saturated rings. The Bertz CT molecular complexity index is 567. The fourth-order valence-corrected chi connectivity index (χ4v) is 2.08. The fraction of sp³-hybridized carbons (Fsp3) is 0.312. The number of hydrogen-bond acceptors (Lipinski definition) is 4. The molecular weight excluding hydrogens is 252 g/mol. The van der Waals surface area contributed by atoms with Crippen LogP contribution in [0, 0.1) is 6.92 Å². The minimum atomic E-state index is -0.185. The van der Waals surface area contributed by atoms with Crippen molar-refractivity contribution in [3.63, 3.8) is 0 Å². The lowest BCUT2D eigenvalue weighted by atomic mass is 10.0. The van der Waals surface area contributed by atoms with E-state index < -0.39 is 0 Å². The highest BCUT2D eigenvalue weighted by atomic mass is 16.5. The Morgan fingerprint density at radius 1 is 1.15 bits per heavy atom. The van der Waals surface area contributed by atoms with E-state index in [1.54, 1.807) is 14.2 Å². The summed E-state index contributed by atoms with van der Waals surface area (Å²) in [6.45, 7) is 2.02. The molecule has 0 aliphatic rings. The predicted molar refractivity (Wildman–Crippen MR) is 79.2 cm³/mol. The highest BCUT2D eigenvalue weighted by Gasteiger charge is 2.14. The van der Waals surface area contributed by atoms with E-state index in [-0.39, 0.29) is 6.04 Å². The third-order valence-electron chi connectivity index (χ3n) is 3.24. The van der Waals surface area contributed by atoms with Crippen molar-refractivity contribution in [1.29, 1.82) is 0 Å². The monoisotopic (exact) mass is 272 g/mol. The molecule has 1 aromatic carbocycles. The highest BCUT2D eigenvalue weighted by molar-refractivity contribution is 5.42. The molecule has 4 heteroatoms. The van der Waals surface area contributed by atoms with Gasteiger partial charge in [0, 0.05) is 29.9 Å². The normalized spacial score (nSPS) is 12.0. The van der Waals surface area contributed by atoms with Crippen LogP contribution in [0.5, 0.6) is 11.5 Å². The molecule has 0 saturated heterocycles. The van der Waals surface area contributed by atoms with Crippen LogP contribution in [0.2, 0.25) is 0 Å². The number of rotatable bonds is 5. The molecule has 2 aromatic rings. The minimum absolute atomic E-state index is 0.185. The van der Waals surface area contributed by atoms with Gasteiger partial charge < -0.3 is 15.2 Å². The van der Waals surface area contributed by atoms with E-state index in [1.165, 1.54) is 0 Å². The van der Waals surface area contributed by atoms with Crippen LogP contribution in [0.1, 0.15) is 22.9 Å². The van der Waals surface area contributed by atoms with E-state index in [0.29, 0.717) is 6.42 Å². The van der Waals surface area contributed by atoms with Crippen molar-refractivity contribution in [1.82, 2.24) is 4.98 Å². The van der Waals surface area contributed by atoms with Crippen LogP contribution < -0.4 is 15.2 Å². The van der Waals surface area contributed by atoms with Crippen molar-refractivity contribution in [2.45, 2.75) is 19.4 Å². The van der Waals surface area contributed by atoms with Gasteiger partial charge in [0.2, 0.25) is 0 Å². The number of aryl methyl sites for hydroxylation is 1. The number of nitrogens with zero attached hydrogens (tertiary/aromatic N) is 1. The molecule has 106 valence electrons. The van der Waals surface area contributed by atoms with Crippen LogP contribution in [0.3, 0.4) is 0 Å². The van der Waals surface area contributed by atoms with Gasteiger partial charge in [0.05, 0.1) is 14.2 Å². The maximum atomic E-state index is 6.29. The van der Waals surface area contributed by atoms with E-state index in [2.05, 4.69) is 4.98 Å². The van der Waals surface area contributed by atoms with Crippen molar-refractivity contribution in [2.24, 2.45) is 5.73 Å².